The Bertz CT molecular complexity index is 485. The first-order chi connectivity index (χ1) is 9.43. The molecule has 1 aromatic rings. The molecule has 1 saturated heterocycles. The number of carbonyl (C=O) groups is 1. The zero-order valence-corrected chi connectivity index (χ0v) is 12.6. The topological polar surface area (TPSA) is 49.8 Å². The zero-order chi connectivity index (χ0) is 14.9. The minimum absolute atomic E-state index is 0.0321. The highest BCUT2D eigenvalue weighted by Crippen LogP contribution is 2.45. The first kappa shape index (κ1) is 15.0. The van der Waals surface area contributed by atoms with Crippen molar-refractivity contribution in [3.05, 3.63) is 35.4 Å². The SMILES string of the molecule is COC(=O)C1(C)CC(CO)C(c2ccc(C)cc2)N1C. The molecule has 0 spiro atoms. The van der Waals surface area contributed by atoms with Crippen molar-refractivity contribution >= 4 is 5.97 Å². The van der Waals surface area contributed by atoms with Crippen molar-refractivity contribution in [1.82, 2.24) is 4.90 Å². The average Bonchev–Trinajstić information content (AvgIpc) is 2.72. The molecule has 20 heavy (non-hydrogen) atoms. The second-order valence-electron chi connectivity index (χ2n) is 5.88. The summed E-state index contributed by atoms with van der Waals surface area (Å²) in [7, 11) is 3.34. The van der Waals surface area contributed by atoms with Gasteiger partial charge in [-0.05, 0) is 32.9 Å². The van der Waals surface area contributed by atoms with Crippen molar-refractivity contribution in [2.75, 3.05) is 20.8 Å². The predicted octanol–water partition coefficient (Wildman–Crippen LogP) is 1.91. The molecule has 0 bridgehead atoms. The fourth-order valence-corrected chi connectivity index (χ4v) is 3.26. The van der Waals surface area contributed by atoms with Crippen LogP contribution >= 0.6 is 0 Å². The van der Waals surface area contributed by atoms with E-state index in [-0.39, 0.29) is 24.5 Å². The molecule has 0 saturated carbocycles. The highest BCUT2D eigenvalue weighted by Gasteiger charge is 2.52. The summed E-state index contributed by atoms with van der Waals surface area (Å²) in [6.45, 7) is 4.00. The number of esters is 1. The molecule has 4 nitrogen and oxygen atoms in total. The molecule has 3 atom stereocenters. The lowest BCUT2D eigenvalue weighted by Crippen LogP contribution is -2.47. The number of aryl methyl sites for hydroxylation is 1. The summed E-state index contributed by atoms with van der Waals surface area (Å²) in [5, 5.41) is 9.68. The van der Waals surface area contributed by atoms with Crippen LogP contribution in [0.3, 0.4) is 0 Å². The number of hydrogen-bond donors (Lipinski definition) is 1. The molecular weight excluding hydrogens is 254 g/mol. The van der Waals surface area contributed by atoms with Gasteiger partial charge in [0, 0.05) is 18.6 Å². The van der Waals surface area contributed by atoms with Gasteiger partial charge in [0.25, 0.3) is 0 Å². The van der Waals surface area contributed by atoms with Crippen LogP contribution < -0.4 is 0 Å². The maximum Gasteiger partial charge on any atom is 0.326 e. The highest BCUT2D eigenvalue weighted by atomic mass is 16.5. The van der Waals surface area contributed by atoms with Gasteiger partial charge in [0.1, 0.15) is 5.54 Å². The van der Waals surface area contributed by atoms with Crippen LogP contribution in [-0.2, 0) is 9.53 Å². The number of benzene rings is 1. The molecule has 1 fully saturated rings. The Labute approximate surface area is 120 Å². The van der Waals surface area contributed by atoms with Gasteiger partial charge in [-0.1, -0.05) is 29.8 Å². The van der Waals surface area contributed by atoms with Crippen LogP contribution in [-0.4, -0.2) is 42.3 Å². The van der Waals surface area contributed by atoms with E-state index in [0.29, 0.717) is 6.42 Å². The van der Waals surface area contributed by atoms with Crippen molar-refractivity contribution in [2.24, 2.45) is 5.92 Å². The lowest BCUT2D eigenvalue weighted by molar-refractivity contribution is -0.152. The van der Waals surface area contributed by atoms with Gasteiger partial charge in [-0.25, -0.2) is 0 Å². The van der Waals surface area contributed by atoms with Crippen molar-refractivity contribution < 1.29 is 14.6 Å². The molecule has 0 amide bonds. The standard InChI is InChI=1S/C16H23NO3/c1-11-5-7-12(8-6-11)14-13(10-18)9-16(2,17(14)3)15(19)20-4/h5-8,13-14,18H,9-10H2,1-4H3. The molecule has 1 heterocycles. The Kier molecular flexibility index (Phi) is 4.16. The van der Waals surface area contributed by atoms with Gasteiger partial charge in [0.15, 0.2) is 0 Å². The van der Waals surface area contributed by atoms with E-state index in [2.05, 4.69) is 24.3 Å². The number of aliphatic hydroxyl groups excluding tert-OH is 1. The second-order valence-corrected chi connectivity index (χ2v) is 5.88. The molecule has 0 radical (unpaired) electrons. The lowest BCUT2D eigenvalue weighted by atomic mass is 9.90. The van der Waals surface area contributed by atoms with E-state index in [1.165, 1.54) is 12.7 Å². The number of carbonyl (C=O) groups excluding carboxylic acids is 1. The van der Waals surface area contributed by atoms with E-state index in [4.69, 9.17) is 4.74 Å². The molecule has 1 aliphatic heterocycles. The van der Waals surface area contributed by atoms with Crippen LogP contribution in [0.15, 0.2) is 24.3 Å². The number of ether oxygens (including phenoxy) is 1. The van der Waals surface area contributed by atoms with Crippen molar-refractivity contribution in [3.8, 4) is 0 Å². The molecule has 0 aliphatic carbocycles. The molecule has 4 heteroatoms. The summed E-state index contributed by atoms with van der Waals surface area (Å²) in [4.78, 5) is 14.1. The largest absolute Gasteiger partial charge is 0.468 e. The molecule has 3 unspecified atom stereocenters. The Balaban J connectivity index is 2.37. The molecule has 1 N–H and O–H groups in total. The number of likely N-dealkylation sites (tertiary alicyclic amines) is 1. The van der Waals surface area contributed by atoms with E-state index in [1.54, 1.807) is 0 Å². The van der Waals surface area contributed by atoms with E-state index >= 15 is 0 Å². The predicted molar refractivity (Wildman–Crippen MR) is 77.3 cm³/mol. The first-order valence-corrected chi connectivity index (χ1v) is 6.93. The fourth-order valence-electron chi connectivity index (χ4n) is 3.26. The zero-order valence-electron chi connectivity index (χ0n) is 12.6. The van der Waals surface area contributed by atoms with Crippen LogP contribution in [0.25, 0.3) is 0 Å². The number of hydrogen-bond acceptors (Lipinski definition) is 4. The molecule has 110 valence electrons. The minimum atomic E-state index is -0.683. The smallest absolute Gasteiger partial charge is 0.326 e. The third kappa shape index (κ3) is 2.34. The molecular formula is C16H23NO3. The summed E-state index contributed by atoms with van der Waals surface area (Å²) < 4.78 is 4.94. The number of rotatable bonds is 3. The van der Waals surface area contributed by atoms with Gasteiger partial charge >= 0.3 is 5.97 Å². The maximum atomic E-state index is 12.1. The Hall–Kier alpha value is -1.39. The first-order valence-electron chi connectivity index (χ1n) is 6.93. The van der Waals surface area contributed by atoms with Gasteiger partial charge in [-0.15, -0.1) is 0 Å². The summed E-state index contributed by atoms with van der Waals surface area (Å²) >= 11 is 0. The number of likely N-dealkylation sites (N-methyl/N-ethyl adjacent to an activating group) is 1. The monoisotopic (exact) mass is 277 g/mol. The summed E-state index contributed by atoms with van der Waals surface area (Å²) in [6.07, 6.45) is 0.602. The Morgan fingerprint density at radius 1 is 1.45 bits per heavy atom. The molecule has 2 rings (SSSR count). The van der Waals surface area contributed by atoms with Crippen LogP contribution in [0.2, 0.25) is 0 Å². The van der Waals surface area contributed by atoms with Gasteiger partial charge in [-0.2, -0.15) is 0 Å². The van der Waals surface area contributed by atoms with Gasteiger partial charge in [0.05, 0.1) is 7.11 Å². The van der Waals surface area contributed by atoms with Gasteiger partial charge in [-0.3, -0.25) is 9.69 Å². The highest BCUT2D eigenvalue weighted by molar-refractivity contribution is 5.80. The normalized spacial score (nSPS) is 30.4. The van der Waals surface area contributed by atoms with Crippen LogP contribution in [0.4, 0.5) is 0 Å². The van der Waals surface area contributed by atoms with Crippen LogP contribution in [0, 0.1) is 12.8 Å². The maximum absolute atomic E-state index is 12.1. The van der Waals surface area contributed by atoms with E-state index in [9.17, 15) is 9.90 Å². The van der Waals surface area contributed by atoms with Crippen molar-refractivity contribution in [2.45, 2.75) is 31.8 Å². The fraction of sp³-hybridized carbons (Fsp3) is 0.562. The van der Waals surface area contributed by atoms with Crippen molar-refractivity contribution in [3.63, 3.8) is 0 Å². The summed E-state index contributed by atoms with van der Waals surface area (Å²) in [5.41, 5.74) is 1.65. The number of aliphatic hydroxyl groups is 1. The van der Waals surface area contributed by atoms with Crippen LogP contribution in [0.1, 0.15) is 30.5 Å². The van der Waals surface area contributed by atoms with Crippen LogP contribution in [0.5, 0.6) is 0 Å². The molecule has 0 aromatic heterocycles. The third-order valence-electron chi connectivity index (χ3n) is 4.58. The number of nitrogens with zero attached hydrogens (tertiary/aromatic N) is 1. The summed E-state index contributed by atoms with van der Waals surface area (Å²) in [6, 6.07) is 8.30. The quantitative estimate of drug-likeness (QED) is 0.858. The Morgan fingerprint density at radius 2 is 2.05 bits per heavy atom. The second kappa shape index (κ2) is 5.54. The van der Waals surface area contributed by atoms with Crippen molar-refractivity contribution in [1.29, 1.82) is 0 Å². The summed E-state index contributed by atoms with van der Waals surface area (Å²) in [5.74, 6) is -0.208. The van der Waals surface area contributed by atoms with E-state index in [1.807, 2.05) is 25.8 Å². The minimum Gasteiger partial charge on any atom is -0.468 e. The van der Waals surface area contributed by atoms with Gasteiger partial charge in [0.2, 0.25) is 0 Å². The third-order valence-corrected chi connectivity index (χ3v) is 4.58. The van der Waals surface area contributed by atoms with Gasteiger partial charge < -0.3 is 9.84 Å². The molecule has 1 aliphatic rings. The Morgan fingerprint density at radius 3 is 2.55 bits per heavy atom. The van der Waals surface area contributed by atoms with E-state index < -0.39 is 5.54 Å². The molecule has 1 aromatic carbocycles. The number of methoxy groups -OCH3 is 1. The van der Waals surface area contributed by atoms with E-state index in [0.717, 1.165) is 5.56 Å². The average molecular weight is 277 g/mol. The lowest BCUT2D eigenvalue weighted by Gasteiger charge is -2.33.